The lowest BCUT2D eigenvalue weighted by Gasteiger charge is -2.14. The molecular formula is C20H25NO2. The lowest BCUT2D eigenvalue weighted by atomic mass is 9.99. The largest absolute Gasteiger partial charge is 0.496 e. The Kier molecular flexibility index (Phi) is 5.80. The molecule has 0 aliphatic rings. The molecule has 0 heterocycles. The maximum absolute atomic E-state index is 12.5. The smallest absolute Gasteiger partial charge is 0.141 e. The number of para-hydroxylation sites is 1. The van der Waals surface area contributed by atoms with Gasteiger partial charge < -0.3 is 9.64 Å². The third-order valence-corrected chi connectivity index (χ3v) is 3.98. The Balaban J connectivity index is 2.13. The summed E-state index contributed by atoms with van der Waals surface area (Å²) in [6.45, 7) is 2.09. The molecule has 0 saturated heterocycles. The minimum Gasteiger partial charge on any atom is -0.496 e. The second-order valence-corrected chi connectivity index (χ2v) is 5.92. The first-order chi connectivity index (χ1) is 11.0. The Morgan fingerprint density at radius 2 is 1.74 bits per heavy atom. The van der Waals surface area contributed by atoms with Crippen molar-refractivity contribution in [1.82, 2.24) is 0 Å². The molecule has 0 aliphatic heterocycles. The lowest BCUT2D eigenvalue weighted by molar-refractivity contribution is -0.117. The molecule has 0 amide bonds. The van der Waals surface area contributed by atoms with Gasteiger partial charge in [0.2, 0.25) is 0 Å². The Hall–Kier alpha value is -2.29. The van der Waals surface area contributed by atoms with Crippen LogP contribution >= 0.6 is 0 Å². The molecule has 2 rings (SSSR count). The van der Waals surface area contributed by atoms with Crippen molar-refractivity contribution in [2.45, 2.75) is 26.2 Å². The summed E-state index contributed by atoms with van der Waals surface area (Å²) < 4.78 is 5.51. The van der Waals surface area contributed by atoms with E-state index < -0.39 is 0 Å². The van der Waals surface area contributed by atoms with E-state index in [0.29, 0.717) is 12.8 Å². The summed E-state index contributed by atoms with van der Waals surface area (Å²) >= 11 is 0. The number of nitrogens with zero attached hydrogens (tertiary/aromatic N) is 1. The number of rotatable bonds is 7. The lowest BCUT2D eigenvalue weighted by Crippen LogP contribution is -2.11. The number of hydrogen-bond donors (Lipinski definition) is 0. The van der Waals surface area contributed by atoms with Crippen molar-refractivity contribution in [2.75, 3.05) is 26.1 Å². The third kappa shape index (κ3) is 4.35. The predicted molar refractivity (Wildman–Crippen MR) is 95.6 cm³/mol. The van der Waals surface area contributed by atoms with Crippen LogP contribution in [0.25, 0.3) is 0 Å². The summed E-state index contributed by atoms with van der Waals surface area (Å²) in [5.74, 6) is 1.05. The molecule has 0 saturated carbocycles. The van der Waals surface area contributed by atoms with Gasteiger partial charge in [0.15, 0.2) is 0 Å². The van der Waals surface area contributed by atoms with Gasteiger partial charge in [0.25, 0.3) is 0 Å². The fraction of sp³-hybridized carbons (Fsp3) is 0.350. The van der Waals surface area contributed by atoms with Crippen LogP contribution in [0, 0.1) is 0 Å². The average Bonchev–Trinajstić information content (AvgIpc) is 2.54. The maximum Gasteiger partial charge on any atom is 0.141 e. The molecule has 0 atom stereocenters. The Bertz CT molecular complexity index is 677. The van der Waals surface area contributed by atoms with Crippen molar-refractivity contribution >= 4 is 11.5 Å². The first kappa shape index (κ1) is 17.1. The minimum absolute atomic E-state index is 0.201. The molecule has 0 aromatic heterocycles. The number of carbonyl (C=O) groups excluding carboxylic acids is 1. The van der Waals surface area contributed by atoms with E-state index in [1.807, 2.05) is 55.4 Å². The highest BCUT2D eigenvalue weighted by molar-refractivity contribution is 5.84. The topological polar surface area (TPSA) is 29.5 Å². The van der Waals surface area contributed by atoms with E-state index in [1.165, 1.54) is 0 Å². The molecule has 0 radical (unpaired) electrons. The van der Waals surface area contributed by atoms with Gasteiger partial charge in [-0.2, -0.15) is 0 Å². The first-order valence-corrected chi connectivity index (χ1v) is 7.97. The minimum atomic E-state index is 0.201. The van der Waals surface area contributed by atoms with Crippen LogP contribution in [-0.2, 0) is 24.1 Å². The number of ether oxygens (including phenoxy) is 1. The van der Waals surface area contributed by atoms with Crippen molar-refractivity contribution < 1.29 is 9.53 Å². The number of anilines is 1. The van der Waals surface area contributed by atoms with Gasteiger partial charge in [-0.25, -0.2) is 0 Å². The molecular weight excluding hydrogens is 286 g/mol. The van der Waals surface area contributed by atoms with Gasteiger partial charge in [-0.3, -0.25) is 4.79 Å². The summed E-state index contributed by atoms with van der Waals surface area (Å²) in [6.07, 6.45) is 1.75. The molecule has 0 bridgehead atoms. The van der Waals surface area contributed by atoms with E-state index >= 15 is 0 Å². The SMILES string of the molecule is CCc1cccc(CC(=O)Cc2cccc(N(C)C)c2)c1OC. The Morgan fingerprint density at radius 1 is 1.04 bits per heavy atom. The van der Waals surface area contributed by atoms with Crippen molar-refractivity contribution in [3.05, 3.63) is 59.2 Å². The number of ketones is 1. The maximum atomic E-state index is 12.5. The number of carbonyl (C=O) groups is 1. The van der Waals surface area contributed by atoms with Crippen LogP contribution in [0.4, 0.5) is 5.69 Å². The molecule has 3 nitrogen and oxygen atoms in total. The Morgan fingerprint density at radius 3 is 2.39 bits per heavy atom. The van der Waals surface area contributed by atoms with Crippen molar-refractivity contribution in [2.24, 2.45) is 0 Å². The summed E-state index contributed by atoms with van der Waals surface area (Å²) in [5.41, 5.74) is 4.28. The zero-order valence-electron chi connectivity index (χ0n) is 14.4. The zero-order valence-corrected chi connectivity index (χ0v) is 14.4. The predicted octanol–water partition coefficient (Wildman–Crippen LogP) is 3.68. The molecule has 23 heavy (non-hydrogen) atoms. The second kappa shape index (κ2) is 7.82. The van der Waals surface area contributed by atoms with Crippen LogP contribution in [0.3, 0.4) is 0 Å². The highest BCUT2D eigenvalue weighted by atomic mass is 16.5. The highest BCUT2D eigenvalue weighted by Gasteiger charge is 2.12. The van der Waals surface area contributed by atoms with E-state index in [1.54, 1.807) is 7.11 Å². The number of Topliss-reactive ketones (excluding diaryl/α,β-unsaturated/α-hetero) is 1. The summed E-state index contributed by atoms with van der Waals surface area (Å²) in [5, 5.41) is 0. The molecule has 3 heteroatoms. The van der Waals surface area contributed by atoms with Gasteiger partial charge in [-0.05, 0) is 29.7 Å². The monoisotopic (exact) mass is 311 g/mol. The van der Waals surface area contributed by atoms with Crippen LogP contribution in [0.15, 0.2) is 42.5 Å². The third-order valence-electron chi connectivity index (χ3n) is 3.98. The molecule has 0 fully saturated rings. The average molecular weight is 311 g/mol. The zero-order chi connectivity index (χ0) is 16.8. The number of benzene rings is 2. The van der Waals surface area contributed by atoms with Gasteiger partial charge in [0, 0.05) is 38.2 Å². The van der Waals surface area contributed by atoms with Crippen molar-refractivity contribution in [1.29, 1.82) is 0 Å². The van der Waals surface area contributed by atoms with E-state index in [0.717, 1.165) is 34.5 Å². The van der Waals surface area contributed by atoms with Gasteiger partial charge >= 0.3 is 0 Å². The first-order valence-electron chi connectivity index (χ1n) is 7.97. The van der Waals surface area contributed by atoms with Crippen LogP contribution < -0.4 is 9.64 Å². The van der Waals surface area contributed by atoms with E-state index in [-0.39, 0.29) is 5.78 Å². The highest BCUT2D eigenvalue weighted by Crippen LogP contribution is 2.25. The van der Waals surface area contributed by atoms with Crippen LogP contribution in [0.5, 0.6) is 5.75 Å². The van der Waals surface area contributed by atoms with Gasteiger partial charge in [0.05, 0.1) is 7.11 Å². The quantitative estimate of drug-likeness (QED) is 0.781. The summed E-state index contributed by atoms with van der Waals surface area (Å²) in [7, 11) is 5.67. The molecule has 2 aromatic carbocycles. The molecule has 0 unspecified atom stereocenters. The number of methoxy groups -OCH3 is 1. The van der Waals surface area contributed by atoms with E-state index in [2.05, 4.69) is 13.0 Å². The van der Waals surface area contributed by atoms with Crippen LogP contribution in [0.2, 0.25) is 0 Å². The molecule has 0 N–H and O–H groups in total. The summed E-state index contributed by atoms with van der Waals surface area (Å²) in [6, 6.07) is 14.1. The number of aryl methyl sites for hydroxylation is 1. The molecule has 122 valence electrons. The van der Waals surface area contributed by atoms with Crippen molar-refractivity contribution in [3.8, 4) is 5.75 Å². The normalized spacial score (nSPS) is 10.4. The van der Waals surface area contributed by atoms with Gasteiger partial charge in [0.1, 0.15) is 11.5 Å². The number of hydrogen-bond acceptors (Lipinski definition) is 3. The summed E-state index contributed by atoms with van der Waals surface area (Å²) in [4.78, 5) is 14.5. The molecule has 2 aromatic rings. The van der Waals surface area contributed by atoms with Gasteiger partial charge in [-0.15, -0.1) is 0 Å². The standard InChI is InChI=1S/C20H25NO2/c1-5-16-9-7-10-17(20(16)23-4)14-19(22)13-15-8-6-11-18(12-15)21(2)3/h6-12H,5,13-14H2,1-4H3. The fourth-order valence-corrected chi connectivity index (χ4v) is 2.77. The van der Waals surface area contributed by atoms with Crippen LogP contribution in [-0.4, -0.2) is 27.0 Å². The molecule has 0 aliphatic carbocycles. The van der Waals surface area contributed by atoms with Crippen LogP contribution in [0.1, 0.15) is 23.6 Å². The van der Waals surface area contributed by atoms with Crippen molar-refractivity contribution in [3.63, 3.8) is 0 Å². The van der Waals surface area contributed by atoms with Gasteiger partial charge in [-0.1, -0.05) is 37.3 Å². The van der Waals surface area contributed by atoms with E-state index in [4.69, 9.17) is 4.74 Å². The Labute approximate surface area is 138 Å². The second-order valence-electron chi connectivity index (χ2n) is 5.92. The molecule has 0 spiro atoms. The van der Waals surface area contributed by atoms with E-state index in [9.17, 15) is 4.79 Å². The fourth-order valence-electron chi connectivity index (χ4n) is 2.77.